The van der Waals surface area contributed by atoms with Gasteiger partial charge in [0, 0.05) is 5.02 Å². The van der Waals surface area contributed by atoms with E-state index >= 15 is 0 Å². The number of halogens is 1. The molecule has 0 heterocycles. The molecule has 0 aromatic heterocycles. The van der Waals surface area contributed by atoms with Gasteiger partial charge in [-0.05, 0) is 37.0 Å². The Morgan fingerprint density at radius 3 is 2.78 bits per heavy atom. The van der Waals surface area contributed by atoms with Crippen LogP contribution in [0.25, 0.3) is 0 Å². The second kappa shape index (κ2) is 7.07. The highest BCUT2D eigenvalue weighted by atomic mass is 35.5. The molecule has 0 aliphatic carbocycles. The normalized spacial score (nSPS) is 10.8. The van der Waals surface area contributed by atoms with E-state index in [1.165, 1.54) is 13.2 Å². The van der Waals surface area contributed by atoms with Crippen LogP contribution in [0, 0.1) is 0 Å². The van der Waals surface area contributed by atoms with Gasteiger partial charge < -0.3 is 9.84 Å². The predicted molar refractivity (Wildman–Crippen MR) is 72.2 cm³/mol. The number of phenols is 1. The first kappa shape index (κ1) is 14.6. The average molecular weight is 269 g/mol. The van der Waals surface area contributed by atoms with Crippen molar-refractivity contribution in [3.05, 3.63) is 40.4 Å². The first-order chi connectivity index (χ1) is 8.60. The van der Waals surface area contributed by atoms with E-state index in [1.54, 1.807) is 6.07 Å². The van der Waals surface area contributed by atoms with Crippen molar-refractivity contribution in [1.82, 2.24) is 0 Å². The number of hydrogen-bond donors (Lipinski definition) is 1. The zero-order valence-electron chi connectivity index (χ0n) is 10.6. The summed E-state index contributed by atoms with van der Waals surface area (Å²) in [5.74, 6) is -0.628. The summed E-state index contributed by atoms with van der Waals surface area (Å²) in [5.41, 5.74) is 0.767. The number of carbonyl (C=O) groups excluding carboxylic acids is 1. The maximum atomic E-state index is 11.5. The Morgan fingerprint density at radius 2 is 2.17 bits per heavy atom. The number of benzene rings is 1. The fourth-order valence-electron chi connectivity index (χ4n) is 1.64. The summed E-state index contributed by atoms with van der Waals surface area (Å²) in [4.78, 5) is 11.5. The highest BCUT2D eigenvalue weighted by molar-refractivity contribution is 6.31. The summed E-state index contributed by atoms with van der Waals surface area (Å²) in [6.07, 6.45) is 6.51. The quantitative estimate of drug-likeness (QED) is 0.654. The van der Waals surface area contributed by atoms with Crippen LogP contribution in [0.4, 0.5) is 0 Å². The van der Waals surface area contributed by atoms with E-state index in [0.717, 1.165) is 12.8 Å². The standard InChI is InChI=1S/C14H17ClO3/c1-3-4-5-6-7-10-8-11(15)9-12(13(10)16)14(17)18-2/h4-5,8-9,16H,3,6-7H2,1-2H3. The van der Waals surface area contributed by atoms with Crippen molar-refractivity contribution < 1.29 is 14.6 Å². The molecule has 0 aliphatic rings. The zero-order chi connectivity index (χ0) is 13.5. The third-order valence-corrected chi connectivity index (χ3v) is 2.76. The number of phenolic OH excluding ortho intramolecular Hbond substituents is 1. The molecule has 1 aromatic rings. The first-order valence-electron chi connectivity index (χ1n) is 5.84. The SMILES string of the molecule is CCC=CCCc1cc(Cl)cc(C(=O)OC)c1O. The molecule has 0 bridgehead atoms. The van der Waals surface area contributed by atoms with Gasteiger partial charge in [-0.25, -0.2) is 4.79 Å². The first-order valence-corrected chi connectivity index (χ1v) is 6.22. The Bertz CT molecular complexity index is 453. The van der Waals surface area contributed by atoms with E-state index in [9.17, 15) is 9.90 Å². The monoisotopic (exact) mass is 268 g/mol. The predicted octanol–water partition coefficient (Wildman–Crippen LogP) is 3.73. The van der Waals surface area contributed by atoms with Crippen LogP contribution in [0.15, 0.2) is 24.3 Å². The second-order valence-corrected chi connectivity index (χ2v) is 4.31. The smallest absolute Gasteiger partial charge is 0.341 e. The van der Waals surface area contributed by atoms with Crippen molar-refractivity contribution in [2.75, 3.05) is 7.11 Å². The Hall–Kier alpha value is -1.48. The van der Waals surface area contributed by atoms with Crippen molar-refractivity contribution in [2.45, 2.75) is 26.2 Å². The van der Waals surface area contributed by atoms with Gasteiger partial charge in [-0.2, -0.15) is 0 Å². The fraction of sp³-hybridized carbons (Fsp3) is 0.357. The average Bonchev–Trinajstić information content (AvgIpc) is 2.37. The van der Waals surface area contributed by atoms with Crippen molar-refractivity contribution in [1.29, 1.82) is 0 Å². The Balaban J connectivity index is 2.94. The Kier molecular flexibility index (Phi) is 5.72. The second-order valence-electron chi connectivity index (χ2n) is 3.87. The molecule has 98 valence electrons. The summed E-state index contributed by atoms with van der Waals surface area (Å²) >= 11 is 5.93. The summed E-state index contributed by atoms with van der Waals surface area (Å²) < 4.78 is 4.60. The van der Waals surface area contributed by atoms with Crippen LogP contribution in [-0.2, 0) is 11.2 Å². The molecule has 0 fully saturated rings. The molecule has 1 N–H and O–H groups in total. The number of esters is 1. The van der Waals surface area contributed by atoms with Gasteiger partial charge in [-0.3, -0.25) is 0 Å². The van der Waals surface area contributed by atoms with Gasteiger partial charge in [0.1, 0.15) is 11.3 Å². The minimum atomic E-state index is -0.583. The Labute approximate surface area is 112 Å². The molecule has 1 rings (SSSR count). The number of carbonyl (C=O) groups is 1. The lowest BCUT2D eigenvalue weighted by Gasteiger charge is -2.08. The maximum Gasteiger partial charge on any atom is 0.341 e. The van der Waals surface area contributed by atoms with Gasteiger partial charge in [-0.15, -0.1) is 0 Å². The van der Waals surface area contributed by atoms with E-state index in [2.05, 4.69) is 17.7 Å². The lowest BCUT2D eigenvalue weighted by molar-refractivity contribution is 0.0597. The Morgan fingerprint density at radius 1 is 1.44 bits per heavy atom. The van der Waals surface area contributed by atoms with Gasteiger partial charge in [0.15, 0.2) is 0 Å². The minimum absolute atomic E-state index is 0.0452. The van der Waals surface area contributed by atoms with E-state index in [0.29, 0.717) is 17.0 Å². The van der Waals surface area contributed by atoms with Crippen molar-refractivity contribution in [2.24, 2.45) is 0 Å². The topological polar surface area (TPSA) is 46.5 Å². The molecule has 18 heavy (non-hydrogen) atoms. The molecule has 0 saturated heterocycles. The lowest BCUT2D eigenvalue weighted by atomic mass is 10.0. The minimum Gasteiger partial charge on any atom is -0.507 e. The molecular formula is C14H17ClO3. The molecule has 0 unspecified atom stereocenters. The number of rotatable bonds is 5. The molecule has 0 atom stereocenters. The molecular weight excluding hydrogens is 252 g/mol. The van der Waals surface area contributed by atoms with Crippen molar-refractivity contribution in [3.8, 4) is 5.75 Å². The van der Waals surface area contributed by atoms with E-state index in [1.807, 2.05) is 6.08 Å². The molecule has 3 nitrogen and oxygen atoms in total. The van der Waals surface area contributed by atoms with Gasteiger partial charge in [0.25, 0.3) is 0 Å². The molecule has 0 saturated carbocycles. The largest absolute Gasteiger partial charge is 0.507 e. The van der Waals surface area contributed by atoms with Crippen LogP contribution in [0.3, 0.4) is 0 Å². The molecule has 4 heteroatoms. The molecule has 1 aromatic carbocycles. The number of aryl methyl sites for hydroxylation is 1. The van der Waals surface area contributed by atoms with Crippen LogP contribution in [-0.4, -0.2) is 18.2 Å². The number of methoxy groups -OCH3 is 1. The molecule has 0 spiro atoms. The number of hydrogen-bond acceptors (Lipinski definition) is 3. The van der Waals surface area contributed by atoms with Gasteiger partial charge in [0.05, 0.1) is 7.11 Å². The van der Waals surface area contributed by atoms with E-state index in [-0.39, 0.29) is 11.3 Å². The van der Waals surface area contributed by atoms with Crippen molar-refractivity contribution >= 4 is 17.6 Å². The van der Waals surface area contributed by atoms with Crippen LogP contribution >= 0.6 is 11.6 Å². The van der Waals surface area contributed by atoms with Crippen molar-refractivity contribution in [3.63, 3.8) is 0 Å². The lowest BCUT2D eigenvalue weighted by Crippen LogP contribution is -2.03. The third-order valence-electron chi connectivity index (χ3n) is 2.54. The van der Waals surface area contributed by atoms with Gasteiger partial charge >= 0.3 is 5.97 Å². The van der Waals surface area contributed by atoms with E-state index < -0.39 is 5.97 Å². The van der Waals surface area contributed by atoms with Crippen LogP contribution in [0.2, 0.25) is 5.02 Å². The highest BCUT2D eigenvalue weighted by Gasteiger charge is 2.15. The summed E-state index contributed by atoms with van der Waals surface area (Å²) in [7, 11) is 1.27. The van der Waals surface area contributed by atoms with Crippen LogP contribution < -0.4 is 0 Å². The summed E-state index contributed by atoms with van der Waals surface area (Å²) in [6, 6.07) is 3.08. The maximum absolute atomic E-state index is 11.5. The molecule has 0 amide bonds. The molecule has 0 radical (unpaired) electrons. The highest BCUT2D eigenvalue weighted by Crippen LogP contribution is 2.28. The van der Waals surface area contributed by atoms with Crippen LogP contribution in [0.1, 0.15) is 35.7 Å². The number of ether oxygens (including phenoxy) is 1. The van der Waals surface area contributed by atoms with Gasteiger partial charge in [-0.1, -0.05) is 30.7 Å². The molecule has 0 aliphatic heterocycles. The van der Waals surface area contributed by atoms with Crippen LogP contribution in [0.5, 0.6) is 5.75 Å². The van der Waals surface area contributed by atoms with Gasteiger partial charge in [0.2, 0.25) is 0 Å². The fourth-order valence-corrected chi connectivity index (χ4v) is 1.88. The van der Waals surface area contributed by atoms with E-state index in [4.69, 9.17) is 11.6 Å². The summed E-state index contributed by atoms with van der Waals surface area (Å²) in [5, 5.41) is 10.4. The number of allylic oxidation sites excluding steroid dienone is 2. The number of aromatic hydroxyl groups is 1. The third kappa shape index (κ3) is 3.77. The zero-order valence-corrected chi connectivity index (χ0v) is 11.3. The summed E-state index contributed by atoms with van der Waals surface area (Å²) in [6.45, 7) is 2.06.